The smallest absolute Gasteiger partial charge is 0.347 e. The molecule has 2 rings (SSSR count). The van der Waals surface area contributed by atoms with Crippen LogP contribution in [-0.4, -0.2) is 48.4 Å². The van der Waals surface area contributed by atoms with Crippen LogP contribution in [0.25, 0.3) is 0 Å². The molecule has 1 unspecified atom stereocenters. The molecular formula is C27H38N2O6. The minimum Gasteiger partial charge on any atom is -0.497 e. The number of ether oxygens (including phenoxy) is 3. The lowest BCUT2D eigenvalue weighted by Gasteiger charge is -2.26. The second-order valence-corrected chi connectivity index (χ2v) is 9.06. The average molecular weight is 487 g/mol. The van der Waals surface area contributed by atoms with Crippen molar-refractivity contribution in [3.8, 4) is 17.2 Å². The van der Waals surface area contributed by atoms with E-state index in [2.05, 4.69) is 6.92 Å². The Morgan fingerprint density at radius 3 is 2.23 bits per heavy atom. The lowest BCUT2D eigenvalue weighted by molar-refractivity contribution is -0.152. The molecule has 0 heterocycles. The summed E-state index contributed by atoms with van der Waals surface area (Å²) >= 11 is 0. The predicted octanol–water partition coefficient (Wildman–Crippen LogP) is 5.19. The highest BCUT2D eigenvalue weighted by atomic mass is 16.5. The molecule has 192 valence electrons. The molecule has 0 aliphatic carbocycles. The Bertz CT molecular complexity index is 974. The topological polar surface area (TPSA) is 111 Å². The van der Waals surface area contributed by atoms with Crippen molar-refractivity contribution < 1.29 is 28.9 Å². The molecule has 2 aromatic rings. The van der Waals surface area contributed by atoms with E-state index >= 15 is 0 Å². The monoisotopic (exact) mass is 486 g/mol. The van der Waals surface area contributed by atoms with Crippen molar-refractivity contribution in [1.29, 1.82) is 0 Å². The number of hydrogen-bond donors (Lipinski definition) is 2. The van der Waals surface area contributed by atoms with Gasteiger partial charge in [-0.05, 0) is 61.9 Å². The van der Waals surface area contributed by atoms with Crippen LogP contribution in [-0.2, 0) is 11.3 Å². The minimum absolute atomic E-state index is 0.201. The number of methoxy groups -OCH3 is 2. The molecule has 2 aromatic carbocycles. The number of carbonyl (C=O) groups excluding carboxylic acids is 1. The van der Waals surface area contributed by atoms with E-state index in [1.54, 1.807) is 31.3 Å². The van der Waals surface area contributed by atoms with Gasteiger partial charge in [-0.2, -0.15) is 0 Å². The van der Waals surface area contributed by atoms with Crippen LogP contribution < -0.4 is 19.9 Å². The van der Waals surface area contributed by atoms with Gasteiger partial charge < -0.3 is 30.0 Å². The van der Waals surface area contributed by atoms with Gasteiger partial charge in [0.25, 0.3) is 0 Å². The van der Waals surface area contributed by atoms with Gasteiger partial charge in [0.1, 0.15) is 17.2 Å². The maximum Gasteiger partial charge on any atom is 0.347 e. The summed E-state index contributed by atoms with van der Waals surface area (Å²) in [7, 11) is 3.27. The van der Waals surface area contributed by atoms with Gasteiger partial charge >= 0.3 is 12.0 Å². The number of carboxylic acids is 1. The van der Waals surface area contributed by atoms with E-state index in [1.165, 1.54) is 13.8 Å². The van der Waals surface area contributed by atoms with Crippen LogP contribution in [0.4, 0.5) is 4.79 Å². The highest BCUT2D eigenvalue weighted by molar-refractivity contribution is 5.76. The van der Waals surface area contributed by atoms with Gasteiger partial charge in [-0.1, -0.05) is 38.0 Å². The summed E-state index contributed by atoms with van der Waals surface area (Å²) in [5.74, 6) is 1.10. The predicted molar refractivity (Wildman–Crippen MR) is 135 cm³/mol. The van der Waals surface area contributed by atoms with Crippen molar-refractivity contribution >= 4 is 12.0 Å². The Morgan fingerprint density at radius 1 is 1.03 bits per heavy atom. The second kappa shape index (κ2) is 12.9. The number of benzene rings is 2. The summed E-state index contributed by atoms with van der Waals surface area (Å²) in [6.07, 6.45) is 3.84. The van der Waals surface area contributed by atoms with Crippen molar-refractivity contribution in [1.82, 2.24) is 4.90 Å². The van der Waals surface area contributed by atoms with Gasteiger partial charge in [-0.25, -0.2) is 9.59 Å². The number of amides is 2. The molecule has 0 spiro atoms. The first-order valence-corrected chi connectivity index (χ1v) is 11.9. The second-order valence-electron chi connectivity index (χ2n) is 9.06. The summed E-state index contributed by atoms with van der Waals surface area (Å²) in [6, 6.07) is 12.4. The van der Waals surface area contributed by atoms with Crippen molar-refractivity contribution in [2.45, 2.75) is 64.5 Å². The number of hydrogen-bond acceptors (Lipinski definition) is 5. The molecule has 35 heavy (non-hydrogen) atoms. The SMILES string of the molecule is CCCCC(CCN(Cc1ccc(OC(C)(C)C(=O)O)cc1)C(N)=O)c1ccc(OC)cc1OC. The third-order valence-electron chi connectivity index (χ3n) is 6.03. The van der Waals surface area contributed by atoms with E-state index in [4.69, 9.17) is 19.9 Å². The molecule has 0 saturated heterocycles. The Morgan fingerprint density at radius 2 is 1.69 bits per heavy atom. The molecule has 0 saturated carbocycles. The maximum absolute atomic E-state index is 12.2. The van der Waals surface area contributed by atoms with Crippen LogP contribution in [0.2, 0.25) is 0 Å². The highest BCUT2D eigenvalue weighted by Gasteiger charge is 2.29. The zero-order valence-electron chi connectivity index (χ0n) is 21.4. The van der Waals surface area contributed by atoms with Crippen LogP contribution in [0.5, 0.6) is 17.2 Å². The lowest BCUT2D eigenvalue weighted by atomic mass is 9.89. The van der Waals surface area contributed by atoms with E-state index in [9.17, 15) is 14.7 Å². The van der Waals surface area contributed by atoms with Crippen LogP contribution in [0.3, 0.4) is 0 Å². The number of aliphatic carboxylic acids is 1. The van der Waals surface area contributed by atoms with Crippen molar-refractivity contribution in [2.24, 2.45) is 5.73 Å². The number of nitrogens with two attached hydrogens (primary N) is 1. The number of rotatable bonds is 14. The van der Waals surface area contributed by atoms with Crippen molar-refractivity contribution in [3.63, 3.8) is 0 Å². The molecule has 0 aromatic heterocycles. The molecule has 0 aliphatic heterocycles. The minimum atomic E-state index is -1.34. The molecule has 8 heteroatoms. The zero-order valence-corrected chi connectivity index (χ0v) is 21.4. The number of carbonyl (C=O) groups is 2. The number of unbranched alkanes of at least 4 members (excludes halogenated alkanes) is 1. The van der Waals surface area contributed by atoms with Gasteiger partial charge in [0.15, 0.2) is 5.60 Å². The summed E-state index contributed by atoms with van der Waals surface area (Å²) in [4.78, 5) is 25.1. The van der Waals surface area contributed by atoms with Crippen LogP contribution in [0, 0.1) is 0 Å². The summed E-state index contributed by atoms with van der Waals surface area (Å²) in [5, 5.41) is 9.24. The van der Waals surface area contributed by atoms with Crippen LogP contribution in [0.15, 0.2) is 42.5 Å². The van der Waals surface area contributed by atoms with E-state index in [1.807, 2.05) is 30.3 Å². The molecule has 1 atom stereocenters. The number of nitrogens with zero attached hydrogens (tertiary/aromatic N) is 1. The fraction of sp³-hybridized carbons (Fsp3) is 0.481. The maximum atomic E-state index is 12.2. The molecule has 2 amide bonds. The Hall–Kier alpha value is -3.42. The van der Waals surface area contributed by atoms with Gasteiger partial charge in [0.2, 0.25) is 0 Å². The molecular weight excluding hydrogens is 448 g/mol. The molecule has 3 N–H and O–H groups in total. The average Bonchev–Trinajstić information content (AvgIpc) is 2.83. The summed E-state index contributed by atoms with van der Waals surface area (Å²) in [5.41, 5.74) is 6.33. The number of carboxylic acid groups (broad SMARTS) is 1. The normalized spacial score (nSPS) is 12.0. The summed E-state index contributed by atoms with van der Waals surface area (Å²) < 4.78 is 16.5. The Labute approximate surface area is 208 Å². The van der Waals surface area contributed by atoms with E-state index in [0.29, 0.717) is 18.8 Å². The number of primary amides is 1. The molecule has 0 radical (unpaired) electrons. The molecule has 0 bridgehead atoms. The highest BCUT2D eigenvalue weighted by Crippen LogP contribution is 2.35. The Balaban J connectivity index is 2.12. The van der Waals surface area contributed by atoms with Gasteiger partial charge in [0, 0.05) is 19.2 Å². The van der Waals surface area contributed by atoms with E-state index < -0.39 is 17.6 Å². The van der Waals surface area contributed by atoms with Gasteiger partial charge in [-0.15, -0.1) is 0 Å². The fourth-order valence-corrected chi connectivity index (χ4v) is 3.86. The van der Waals surface area contributed by atoms with Crippen LogP contribution >= 0.6 is 0 Å². The third kappa shape index (κ3) is 8.09. The largest absolute Gasteiger partial charge is 0.497 e. The van der Waals surface area contributed by atoms with E-state index in [0.717, 1.165) is 48.3 Å². The fourth-order valence-electron chi connectivity index (χ4n) is 3.86. The van der Waals surface area contributed by atoms with Crippen molar-refractivity contribution in [3.05, 3.63) is 53.6 Å². The van der Waals surface area contributed by atoms with Gasteiger partial charge in [-0.3, -0.25) is 0 Å². The molecule has 0 aliphatic rings. The quantitative estimate of drug-likeness (QED) is 0.380. The van der Waals surface area contributed by atoms with Crippen LogP contribution in [0.1, 0.15) is 63.5 Å². The summed E-state index contributed by atoms with van der Waals surface area (Å²) in [6.45, 7) is 5.97. The molecule has 0 fully saturated rings. The first kappa shape index (κ1) is 27.8. The van der Waals surface area contributed by atoms with Gasteiger partial charge in [0.05, 0.1) is 14.2 Å². The van der Waals surface area contributed by atoms with E-state index in [-0.39, 0.29) is 5.92 Å². The zero-order chi connectivity index (χ0) is 26.0. The lowest BCUT2D eigenvalue weighted by Crippen LogP contribution is -2.38. The Kier molecular flexibility index (Phi) is 10.2. The standard InChI is InChI=1S/C27H38N2O6/c1-6-7-8-20(23-14-13-22(33-4)17-24(23)34-5)15-16-29(26(28)32)18-19-9-11-21(12-10-19)35-27(2,3)25(30)31/h9-14,17,20H,6-8,15-16,18H2,1-5H3,(H2,28,32)(H,30,31). The first-order chi connectivity index (χ1) is 16.6. The molecule has 8 nitrogen and oxygen atoms in total. The third-order valence-corrected chi connectivity index (χ3v) is 6.03. The first-order valence-electron chi connectivity index (χ1n) is 11.9. The number of urea groups is 1. The van der Waals surface area contributed by atoms with Crippen molar-refractivity contribution in [2.75, 3.05) is 20.8 Å².